The number of halogens is 3. The van der Waals surface area contributed by atoms with E-state index in [0.29, 0.717) is 43.2 Å². The molecule has 0 aliphatic rings. The summed E-state index contributed by atoms with van der Waals surface area (Å²) in [6.45, 7) is 0. The fraction of sp³-hybridized carbons (Fsp3) is 0. The van der Waals surface area contributed by atoms with Crippen molar-refractivity contribution < 1.29 is 13.6 Å². The van der Waals surface area contributed by atoms with Crippen molar-refractivity contribution in [3.8, 4) is 11.5 Å². The topological polar surface area (TPSA) is 67.2 Å². The first kappa shape index (κ1) is 21.8. The smallest absolute Gasteiger partial charge is 0.269 e. The molecule has 10 heteroatoms. The molecule has 0 spiro atoms. The molecule has 2 N–H and O–H groups in total. The summed E-state index contributed by atoms with van der Waals surface area (Å²) in [5, 5.41) is 7.38. The molecule has 3 aromatic carbocycles. The zero-order chi connectivity index (χ0) is 23.1. The van der Waals surface area contributed by atoms with E-state index >= 15 is 0 Å². The molecule has 2 aromatic heterocycles. The van der Waals surface area contributed by atoms with E-state index in [4.69, 9.17) is 39.8 Å². The van der Waals surface area contributed by atoms with Crippen molar-refractivity contribution >= 4 is 84.6 Å². The Morgan fingerprint density at radius 3 is 2.64 bits per heavy atom. The summed E-state index contributed by atoms with van der Waals surface area (Å²) in [7, 11) is 0. The summed E-state index contributed by atoms with van der Waals surface area (Å²) in [5.74, 6) is -0.383. The lowest BCUT2D eigenvalue weighted by Gasteiger charge is -2.08. The van der Waals surface area contributed by atoms with Gasteiger partial charge in [0.25, 0.3) is 5.91 Å². The molecule has 0 saturated heterocycles. The predicted molar refractivity (Wildman–Crippen MR) is 135 cm³/mol. The normalized spacial score (nSPS) is 11.1. The number of oxazole rings is 1. The summed E-state index contributed by atoms with van der Waals surface area (Å²) in [6, 6.07) is 16.3. The highest BCUT2D eigenvalue weighted by atomic mass is 35.5. The van der Waals surface area contributed by atoms with Gasteiger partial charge in [-0.05, 0) is 66.8 Å². The summed E-state index contributed by atoms with van der Waals surface area (Å²) in [6.07, 6.45) is 0. The van der Waals surface area contributed by atoms with Crippen molar-refractivity contribution in [1.29, 1.82) is 0 Å². The Hall–Kier alpha value is -3.04. The number of fused-ring (bicyclic) bond motifs is 2. The summed E-state index contributed by atoms with van der Waals surface area (Å²) in [5.41, 5.74) is 2.41. The first-order valence-corrected chi connectivity index (χ1v) is 11.5. The van der Waals surface area contributed by atoms with Gasteiger partial charge in [-0.25, -0.2) is 9.37 Å². The molecule has 1 amide bonds. The van der Waals surface area contributed by atoms with E-state index in [-0.39, 0.29) is 10.9 Å². The monoisotopic (exact) mass is 515 g/mol. The second-order valence-electron chi connectivity index (χ2n) is 7.00. The van der Waals surface area contributed by atoms with Crippen LogP contribution in [-0.2, 0) is 0 Å². The van der Waals surface area contributed by atoms with Gasteiger partial charge in [-0.3, -0.25) is 10.1 Å². The van der Waals surface area contributed by atoms with Gasteiger partial charge in [0, 0.05) is 26.4 Å². The highest BCUT2D eigenvalue weighted by Crippen LogP contribution is 2.36. The molecule has 5 aromatic rings. The van der Waals surface area contributed by atoms with Gasteiger partial charge in [0.05, 0.1) is 5.02 Å². The number of aromatic nitrogens is 1. The number of nitrogens with one attached hydrogen (secondary N) is 2. The molecule has 0 bridgehead atoms. The Balaban J connectivity index is 1.32. The molecule has 0 aliphatic heterocycles. The van der Waals surface area contributed by atoms with E-state index in [2.05, 4.69) is 15.6 Å². The highest BCUT2D eigenvalue weighted by Gasteiger charge is 2.18. The van der Waals surface area contributed by atoms with Gasteiger partial charge in [0.1, 0.15) is 16.2 Å². The largest absolute Gasteiger partial charge is 0.436 e. The van der Waals surface area contributed by atoms with Crippen molar-refractivity contribution in [2.75, 3.05) is 5.32 Å². The van der Waals surface area contributed by atoms with Crippen molar-refractivity contribution in [2.24, 2.45) is 0 Å². The van der Waals surface area contributed by atoms with Gasteiger partial charge in [-0.15, -0.1) is 11.3 Å². The average Bonchev–Trinajstić information content (AvgIpc) is 3.34. The molecule has 0 fully saturated rings. The first-order chi connectivity index (χ1) is 15.9. The number of carbonyl (C=O) groups excluding carboxylic acids is 1. The van der Waals surface area contributed by atoms with E-state index in [9.17, 15) is 9.18 Å². The third kappa shape index (κ3) is 4.43. The van der Waals surface area contributed by atoms with Crippen LogP contribution in [0.15, 0.2) is 65.1 Å². The number of benzene rings is 3. The minimum Gasteiger partial charge on any atom is -0.436 e. The maximum absolute atomic E-state index is 13.2. The summed E-state index contributed by atoms with van der Waals surface area (Å²) >= 11 is 18.9. The van der Waals surface area contributed by atoms with Crippen molar-refractivity contribution in [3.63, 3.8) is 0 Å². The van der Waals surface area contributed by atoms with Crippen molar-refractivity contribution in [2.45, 2.75) is 0 Å². The van der Waals surface area contributed by atoms with Crippen LogP contribution in [0.1, 0.15) is 9.67 Å². The van der Waals surface area contributed by atoms with Gasteiger partial charge in [0.15, 0.2) is 10.7 Å². The predicted octanol–water partition coefficient (Wildman–Crippen LogP) is 7.28. The number of nitrogens with zero attached hydrogens (tertiary/aromatic N) is 1. The fourth-order valence-electron chi connectivity index (χ4n) is 3.23. The summed E-state index contributed by atoms with van der Waals surface area (Å²) < 4.78 is 19.7. The van der Waals surface area contributed by atoms with Crippen LogP contribution in [0, 0.1) is 5.82 Å². The van der Waals surface area contributed by atoms with Crippen molar-refractivity contribution in [1.82, 2.24) is 10.3 Å². The Labute approximate surface area is 206 Å². The molecular formula is C23H12Cl2FN3O2S2. The molecule has 5 nitrogen and oxygen atoms in total. The standard InChI is InChI=1S/C23H12Cl2FN3O2S2/c24-12-3-7-15-18(9-12)33-20(19(15)25)21(30)29-23(32)27-14-6-8-17-16(10-14)28-22(31-17)11-1-4-13(26)5-2-11/h1-10H,(H2,27,29,30,32). The molecule has 0 radical (unpaired) electrons. The summed E-state index contributed by atoms with van der Waals surface area (Å²) in [4.78, 5) is 17.5. The lowest BCUT2D eigenvalue weighted by molar-refractivity contribution is 0.0982. The molecule has 0 saturated carbocycles. The molecule has 0 aliphatic carbocycles. The third-order valence-electron chi connectivity index (χ3n) is 4.76. The fourth-order valence-corrected chi connectivity index (χ4v) is 5.13. The molecule has 2 heterocycles. The van der Waals surface area contributed by atoms with Gasteiger partial charge < -0.3 is 9.73 Å². The highest BCUT2D eigenvalue weighted by molar-refractivity contribution is 7.80. The Morgan fingerprint density at radius 1 is 1.06 bits per heavy atom. The van der Waals surface area contributed by atoms with E-state index in [1.807, 2.05) is 0 Å². The zero-order valence-corrected chi connectivity index (χ0v) is 19.6. The number of thiocarbonyl (C=S) groups is 1. The molecule has 164 valence electrons. The number of thiophene rings is 1. The second kappa shape index (κ2) is 8.72. The number of rotatable bonds is 3. The van der Waals surface area contributed by atoms with Crippen LogP contribution in [0.25, 0.3) is 32.6 Å². The van der Waals surface area contributed by atoms with Gasteiger partial charge in [0.2, 0.25) is 5.89 Å². The number of anilines is 1. The lowest BCUT2D eigenvalue weighted by Crippen LogP contribution is -2.33. The van der Waals surface area contributed by atoms with Crippen LogP contribution in [-0.4, -0.2) is 16.0 Å². The van der Waals surface area contributed by atoms with Crippen LogP contribution in [0.3, 0.4) is 0 Å². The zero-order valence-electron chi connectivity index (χ0n) is 16.5. The molecule has 0 unspecified atom stereocenters. The maximum Gasteiger partial charge on any atom is 0.269 e. The van der Waals surface area contributed by atoms with E-state index in [1.54, 1.807) is 48.5 Å². The molecular weight excluding hydrogens is 504 g/mol. The first-order valence-electron chi connectivity index (χ1n) is 9.54. The van der Waals surface area contributed by atoms with Crippen LogP contribution in [0.2, 0.25) is 10.0 Å². The van der Waals surface area contributed by atoms with Crippen molar-refractivity contribution in [3.05, 3.63) is 81.4 Å². The van der Waals surface area contributed by atoms with E-state index < -0.39 is 5.91 Å². The lowest BCUT2D eigenvalue weighted by atomic mass is 10.2. The third-order valence-corrected chi connectivity index (χ3v) is 6.86. The molecule has 5 rings (SSSR count). The minimum absolute atomic E-state index is 0.105. The maximum atomic E-state index is 13.2. The molecule has 33 heavy (non-hydrogen) atoms. The number of hydrogen-bond acceptors (Lipinski definition) is 5. The second-order valence-corrected chi connectivity index (χ2v) is 9.28. The van der Waals surface area contributed by atoms with E-state index in [0.717, 1.165) is 10.1 Å². The number of carbonyl (C=O) groups is 1. The number of amides is 1. The SMILES string of the molecule is O=C(NC(=S)Nc1ccc2oc(-c3ccc(F)cc3)nc2c1)c1sc2cc(Cl)ccc2c1Cl. The van der Waals surface area contributed by atoms with Gasteiger partial charge in [-0.1, -0.05) is 29.3 Å². The Bertz CT molecular complexity index is 1550. The number of hydrogen-bond donors (Lipinski definition) is 2. The van der Waals surface area contributed by atoms with Gasteiger partial charge in [-0.2, -0.15) is 0 Å². The minimum atomic E-state index is -0.420. The van der Waals surface area contributed by atoms with Crippen LogP contribution < -0.4 is 10.6 Å². The average molecular weight is 516 g/mol. The molecule has 0 atom stereocenters. The Morgan fingerprint density at radius 2 is 1.85 bits per heavy atom. The van der Waals surface area contributed by atoms with E-state index in [1.165, 1.54) is 23.5 Å². The van der Waals surface area contributed by atoms with Gasteiger partial charge >= 0.3 is 0 Å². The Kier molecular flexibility index (Phi) is 5.76. The quantitative estimate of drug-likeness (QED) is 0.247. The van der Waals surface area contributed by atoms with Crippen LogP contribution >= 0.6 is 46.8 Å². The van der Waals surface area contributed by atoms with Crippen LogP contribution in [0.5, 0.6) is 0 Å². The van der Waals surface area contributed by atoms with Crippen LogP contribution in [0.4, 0.5) is 10.1 Å².